The van der Waals surface area contributed by atoms with E-state index in [0.29, 0.717) is 13.2 Å². The lowest BCUT2D eigenvalue weighted by Crippen LogP contribution is -3.16. The molecule has 1 aliphatic rings. The van der Waals surface area contributed by atoms with Crippen LogP contribution >= 0.6 is 0 Å². The second-order valence-corrected chi connectivity index (χ2v) is 7.54. The van der Waals surface area contributed by atoms with Crippen LogP contribution in [0.2, 0.25) is 0 Å². The van der Waals surface area contributed by atoms with Crippen LogP contribution in [-0.4, -0.2) is 50.5 Å². The molecule has 0 unspecified atom stereocenters. The summed E-state index contributed by atoms with van der Waals surface area (Å²) in [5, 5.41) is 10.4. The predicted octanol–water partition coefficient (Wildman–Crippen LogP) is 1.31. The molecule has 0 amide bonds. The van der Waals surface area contributed by atoms with Gasteiger partial charge in [0.25, 0.3) is 5.82 Å². The Kier molecular flexibility index (Phi) is 6.39. The van der Waals surface area contributed by atoms with Gasteiger partial charge in [-0.05, 0) is 29.3 Å². The predicted molar refractivity (Wildman–Crippen MR) is 114 cm³/mol. The molecule has 0 spiro atoms. The Labute approximate surface area is 172 Å². The Balaban J connectivity index is 1.21. The summed E-state index contributed by atoms with van der Waals surface area (Å²) in [6.45, 7) is 5.06. The Morgan fingerprint density at radius 3 is 2.28 bits per heavy atom. The number of piperazine rings is 1. The summed E-state index contributed by atoms with van der Waals surface area (Å²) in [4.78, 5) is 7.08. The number of anilines is 1. The number of ether oxygens (including phenoxy) is 1. The normalized spacial score (nSPS) is 15.8. The monoisotopic (exact) mass is 391 g/mol. The Hall–Kier alpha value is -2.89. The molecule has 2 heterocycles. The third-order valence-electron chi connectivity index (χ3n) is 5.43. The maximum atomic E-state index is 10.4. The number of pyridine rings is 1. The molecular formula is C24H29N3O2+2. The zero-order chi connectivity index (χ0) is 19.9. The van der Waals surface area contributed by atoms with Crippen molar-refractivity contribution in [3.8, 4) is 16.9 Å². The average molecular weight is 392 g/mol. The number of rotatable bonds is 7. The summed E-state index contributed by atoms with van der Waals surface area (Å²) in [6, 6.07) is 24.5. The molecule has 2 aromatic carbocycles. The van der Waals surface area contributed by atoms with E-state index < -0.39 is 6.10 Å². The molecule has 1 atom stereocenters. The number of hydrogen-bond donors (Lipinski definition) is 2. The van der Waals surface area contributed by atoms with E-state index in [4.69, 9.17) is 4.74 Å². The maximum Gasteiger partial charge on any atom is 0.274 e. The van der Waals surface area contributed by atoms with Crippen LogP contribution in [0.1, 0.15) is 0 Å². The molecule has 3 aromatic rings. The third-order valence-corrected chi connectivity index (χ3v) is 5.43. The molecule has 0 bridgehead atoms. The van der Waals surface area contributed by atoms with E-state index >= 15 is 0 Å². The minimum atomic E-state index is -0.464. The van der Waals surface area contributed by atoms with Crippen LogP contribution in [0.25, 0.3) is 11.1 Å². The zero-order valence-corrected chi connectivity index (χ0v) is 16.6. The van der Waals surface area contributed by atoms with Crippen molar-refractivity contribution < 1.29 is 19.7 Å². The van der Waals surface area contributed by atoms with E-state index in [-0.39, 0.29) is 0 Å². The Morgan fingerprint density at radius 2 is 1.59 bits per heavy atom. The molecule has 1 aromatic heterocycles. The Morgan fingerprint density at radius 1 is 0.897 bits per heavy atom. The molecular weight excluding hydrogens is 362 g/mol. The van der Waals surface area contributed by atoms with Crippen molar-refractivity contribution >= 4 is 5.82 Å². The number of H-pyrrole nitrogens is 1. The average Bonchev–Trinajstić information content (AvgIpc) is 2.80. The van der Waals surface area contributed by atoms with Gasteiger partial charge in [0, 0.05) is 6.07 Å². The molecule has 5 heteroatoms. The quantitative estimate of drug-likeness (QED) is 0.639. The first-order valence-electron chi connectivity index (χ1n) is 10.3. The number of hydrogen-bond acceptors (Lipinski definition) is 3. The Bertz CT molecular complexity index is 864. The molecule has 4 rings (SSSR count). The highest BCUT2D eigenvalue weighted by molar-refractivity contribution is 5.63. The lowest BCUT2D eigenvalue weighted by molar-refractivity contribution is -0.903. The molecule has 5 nitrogen and oxygen atoms in total. The van der Waals surface area contributed by atoms with Gasteiger partial charge in [0.1, 0.15) is 51.2 Å². The molecule has 0 radical (unpaired) electrons. The van der Waals surface area contributed by atoms with Crippen LogP contribution in [0.5, 0.6) is 5.75 Å². The number of aromatic nitrogens is 1. The van der Waals surface area contributed by atoms with Crippen LogP contribution in [0.3, 0.4) is 0 Å². The molecule has 0 aliphatic carbocycles. The number of quaternary nitrogens is 1. The molecule has 1 aliphatic heterocycles. The molecule has 3 N–H and O–H groups in total. The fourth-order valence-electron chi connectivity index (χ4n) is 3.81. The number of nitrogens with one attached hydrogen (secondary N) is 2. The zero-order valence-electron chi connectivity index (χ0n) is 16.6. The number of nitrogens with zero attached hydrogens (tertiary/aromatic N) is 1. The standard InChI is InChI=1S/C24H27N3O2/c28-22(18-26-14-16-27(17-15-26)24-8-4-5-13-25-24)19-29-23-11-9-21(10-12-23)20-6-2-1-3-7-20/h1-13,22,28H,14-19H2/p+2/t22-/m1/s1. The lowest BCUT2D eigenvalue weighted by atomic mass is 10.1. The van der Waals surface area contributed by atoms with Crippen molar-refractivity contribution in [2.75, 3.05) is 44.2 Å². The molecule has 29 heavy (non-hydrogen) atoms. The van der Waals surface area contributed by atoms with Crippen molar-refractivity contribution in [3.05, 3.63) is 79.0 Å². The summed E-state index contributed by atoms with van der Waals surface area (Å²) < 4.78 is 5.81. The minimum Gasteiger partial charge on any atom is -0.491 e. The lowest BCUT2D eigenvalue weighted by Gasteiger charge is -2.29. The van der Waals surface area contributed by atoms with Crippen molar-refractivity contribution in [2.45, 2.75) is 6.10 Å². The van der Waals surface area contributed by atoms with Crippen molar-refractivity contribution in [2.24, 2.45) is 0 Å². The van der Waals surface area contributed by atoms with Gasteiger partial charge in [0.15, 0.2) is 0 Å². The second-order valence-electron chi connectivity index (χ2n) is 7.54. The van der Waals surface area contributed by atoms with Crippen molar-refractivity contribution in [1.29, 1.82) is 0 Å². The van der Waals surface area contributed by atoms with Gasteiger partial charge in [0.05, 0.1) is 6.20 Å². The smallest absolute Gasteiger partial charge is 0.274 e. The van der Waals surface area contributed by atoms with E-state index in [2.05, 4.69) is 46.3 Å². The van der Waals surface area contributed by atoms with Crippen molar-refractivity contribution in [3.63, 3.8) is 0 Å². The van der Waals surface area contributed by atoms with Gasteiger partial charge in [-0.2, -0.15) is 0 Å². The summed E-state index contributed by atoms with van der Waals surface area (Å²) >= 11 is 0. The molecule has 1 saturated heterocycles. The van der Waals surface area contributed by atoms with Crippen LogP contribution in [0.15, 0.2) is 79.0 Å². The third kappa shape index (κ3) is 5.34. The van der Waals surface area contributed by atoms with Crippen LogP contribution in [0, 0.1) is 0 Å². The number of benzene rings is 2. The van der Waals surface area contributed by atoms with Crippen LogP contribution < -0.4 is 19.5 Å². The fraction of sp³-hybridized carbons (Fsp3) is 0.292. The summed E-state index contributed by atoms with van der Waals surface area (Å²) in [5.74, 6) is 1.96. The van der Waals surface area contributed by atoms with E-state index in [9.17, 15) is 5.11 Å². The highest BCUT2D eigenvalue weighted by Crippen LogP contribution is 2.22. The number of aromatic amines is 1. The van der Waals surface area contributed by atoms with Gasteiger partial charge in [-0.1, -0.05) is 48.5 Å². The first kappa shape index (κ1) is 19.4. The van der Waals surface area contributed by atoms with E-state index in [1.165, 1.54) is 10.5 Å². The highest BCUT2D eigenvalue weighted by atomic mass is 16.5. The summed E-state index contributed by atoms with van der Waals surface area (Å²) in [7, 11) is 0. The first-order chi connectivity index (χ1) is 14.3. The first-order valence-corrected chi connectivity index (χ1v) is 10.3. The van der Waals surface area contributed by atoms with Gasteiger partial charge in [0.2, 0.25) is 0 Å². The molecule has 150 valence electrons. The van der Waals surface area contributed by atoms with Gasteiger partial charge >= 0.3 is 0 Å². The topological polar surface area (TPSA) is 51.3 Å². The van der Waals surface area contributed by atoms with Gasteiger partial charge in [-0.15, -0.1) is 0 Å². The van der Waals surface area contributed by atoms with E-state index in [0.717, 1.165) is 43.3 Å². The highest BCUT2D eigenvalue weighted by Gasteiger charge is 2.27. The maximum absolute atomic E-state index is 10.4. The summed E-state index contributed by atoms with van der Waals surface area (Å²) in [5.41, 5.74) is 2.35. The van der Waals surface area contributed by atoms with Crippen LogP contribution in [0.4, 0.5) is 5.82 Å². The van der Waals surface area contributed by atoms with E-state index in [1.54, 1.807) is 0 Å². The molecule has 0 saturated carbocycles. The number of aliphatic hydroxyl groups excluding tert-OH is 1. The molecule has 1 fully saturated rings. The van der Waals surface area contributed by atoms with Crippen molar-refractivity contribution in [1.82, 2.24) is 0 Å². The SMILES string of the molecule is O[C@@H](COc1ccc(-c2ccccc2)cc1)C[NH+]1CCN(c2cccc[nH+]2)CC1. The number of aliphatic hydroxyl groups is 1. The van der Waals surface area contributed by atoms with Gasteiger partial charge in [-0.3, -0.25) is 4.90 Å². The largest absolute Gasteiger partial charge is 0.491 e. The van der Waals surface area contributed by atoms with Crippen LogP contribution in [-0.2, 0) is 0 Å². The van der Waals surface area contributed by atoms with Gasteiger partial charge < -0.3 is 14.7 Å². The summed E-state index contributed by atoms with van der Waals surface area (Å²) in [6.07, 6.45) is 1.50. The van der Waals surface area contributed by atoms with Gasteiger partial charge in [-0.25, -0.2) is 4.98 Å². The van der Waals surface area contributed by atoms with E-state index in [1.807, 2.05) is 42.6 Å². The fourth-order valence-corrected chi connectivity index (χ4v) is 3.81. The minimum absolute atomic E-state index is 0.324. The second kappa shape index (κ2) is 9.54.